The number of nitrogens with zero attached hydrogens (tertiary/aromatic N) is 3. The second-order valence-electron chi connectivity index (χ2n) is 11.0. The Hall–Kier alpha value is -3.80. The van der Waals surface area contributed by atoms with Gasteiger partial charge >= 0.3 is 12.4 Å². The smallest absolute Gasteiger partial charge is 0.508 e. The van der Waals surface area contributed by atoms with Crippen molar-refractivity contribution < 1.29 is 37.4 Å². The normalized spacial score (nSPS) is 14.7. The van der Waals surface area contributed by atoms with Gasteiger partial charge in [0.25, 0.3) is 5.91 Å². The standard InChI is InChI=1S/C19H25F3N2O3.C13H20N2O2/c1-4-7-15(13-8-10-14(11-9-13)27-19(20,21)22)23-17(26)24-12-18(5-2,6-3)16(24)25;1-4-15(10-9-14(2)3)13(17)11-5-7-12(16)8-6-11/h8-11,15H,4-7,12H2,1-3H3,(H,23,26);5-8,16H,4,9-10H2,1-3H3. The molecular weight excluding hydrogens is 577 g/mol. The van der Waals surface area contributed by atoms with E-state index in [2.05, 4.69) is 10.1 Å². The zero-order chi connectivity index (χ0) is 33.1. The van der Waals surface area contributed by atoms with Crippen LogP contribution in [0.15, 0.2) is 48.5 Å². The number of β-lactam (4-membered cyclic amide) rings is 1. The Morgan fingerprint density at radius 2 is 1.59 bits per heavy atom. The highest BCUT2D eigenvalue weighted by Gasteiger charge is 2.52. The van der Waals surface area contributed by atoms with Crippen LogP contribution in [-0.4, -0.2) is 84.3 Å². The minimum atomic E-state index is -4.75. The van der Waals surface area contributed by atoms with E-state index >= 15 is 0 Å². The molecule has 0 radical (unpaired) electrons. The molecule has 1 saturated heterocycles. The molecule has 0 aromatic heterocycles. The van der Waals surface area contributed by atoms with Gasteiger partial charge in [-0.1, -0.05) is 39.3 Å². The molecule has 2 N–H and O–H groups in total. The first-order valence-electron chi connectivity index (χ1n) is 14.9. The van der Waals surface area contributed by atoms with Gasteiger partial charge in [0.05, 0.1) is 11.5 Å². The highest BCUT2D eigenvalue weighted by molar-refractivity contribution is 6.02. The molecule has 0 aliphatic carbocycles. The van der Waals surface area contributed by atoms with E-state index in [-0.39, 0.29) is 23.3 Å². The van der Waals surface area contributed by atoms with Gasteiger partial charge in [0.2, 0.25) is 5.91 Å². The number of alkyl halides is 3. The number of benzene rings is 2. The lowest BCUT2D eigenvalue weighted by atomic mass is 9.74. The van der Waals surface area contributed by atoms with Crippen LogP contribution in [0.3, 0.4) is 0 Å². The third-order valence-corrected chi connectivity index (χ3v) is 7.75. The first-order valence-corrected chi connectivity index (χ1v) is 14.9. The number of likely N-dealkylation sites (N-methyl/N-ethyl adjacent to an activating group) is 2. The van der Waals surface area contributed by atoms with E-state index in [0.717, 1.165) is 13.0 Å². The predicted octanol–water partition coefficient (Wildman–Crippen LogP) is 6.20. The number of aromatic hydroxyl groups is 1. The molecule has 1 atom stereocenters. The van der Waals surface area contributed by atoms with Gasteiger partial charge in [0.15, 0.2) is 0 Å². The average molecular weight is 623 g/mol. The molecule has 244 valence electrons. The van der Waals surface area contributed by atoms with E-state index in [1.54, 1.807) is 17.0 Å². The summed E-state index contributed by atoms with van der Waals surface area (Å²) in [6.45, 7) is 10.4. The molecule has 0 bridgehead atoms. The molecule has 1 unspecified atom stereocenters. The number of hydrogen-bond acceptors (Lipinski definition) is 6. The molecule has 1 aliphatic rings. The number of phenols is 1. The van der Waals surface area contributed by atoms with Crippen molar-refractivity contribution >= 4 is 17.8 Å². The predicted molar refractivity (Wildman–Crippen MR) is 162 cm³/mol. The number of hydrogen-bond donors (Lipinski definition) is 2. The van der Waals surface area contributed by atoms with Gasteiger partial charge in [-0.3, -0.25) is 14.5 Å². The maximum atomic E-state index is 12.5. The van der Waals surface area contributed by atoms with Crippen LogP contribution < -0.4 is 10.1 Å². The van der Waals surface area contributed by atoms with Gasteiger partial charge in [-0.15, -0.1) is 13.2 Å². The summed E-state index contributed by atoms with van der Waals surface area (Å²) < 4.78 is 40.7. The van der Waals surface area contributed by atoms with Gasteiger partial charge < -0.3 is 25.0 Å². The van der Waals surface area contributed by atoms with Crippen LogP contribution in [0.25, 0.3) is 0 Å². The fourth-order valence-corrected chi connectivity index (χ4v) is 4.83. The zero-order valence-electron chi connectivity index (χ0n) is 26.4. The largest absolute Gasteiger partial charge is 0.573 e. The molecule has 1 aliphatic heterocycles. The van der Waals surface area contributed by atoms with E-state index in [4.69, 9.17) is 0 Å². The van der Waals surface area contributed by atoms with Crippen molar-refractivity contribution in [1.29, 1.82) is 0 Å². The highest BCUT2D eigenvalue weighted by Crippen LogP contribution is 2.39. The molecule has 0 saturated carbocycles. The number of ether oxygens (including phenoxy) is 1. The zero-order valence-corrected chi connectivity index (χ0v) is 26.4. The fourth-order valence-electron chi connectivity index (χ4n) is 4.83. The molecule has 1 fully saturated rings. The SMILES string of the molecule is CCCC(NC(=O)N1CC(CC)(CC)C1=O)c1ccc(OC(F)(F)F)cc1.CCN(CCN(C)C)C(=O)c1ccc(O)cc1. The Labute approximate surface area is 258 Å². The lowest BCUT2D eigenvalue weighted by Crippen LogP contribution is -2.65. The van der Waals surface area contributed by atoms with E-state index < -0.39 is 23.9 Å². The first kappa shape index (κ1) is 36.4. The number of halogens is 3. The second-order valence-corrected chi connectivity index (χ2v) is 11.0. The number of likely N-dealkylation sites (tertiary alicyclic amines) is 1. The average Bonchev–Trinajstić information content (AvgIpc) is 2.97. The Kier molecular flexibility index (Phi) is 13.5. The number of carbonyl (C=O) groups is 3. The summed E-state index contributed by atoms with van der Waals surface area (Å²) in [5.74, 6) is -0.303. The summed E-state index contributed by atoms with van der Waals surface area (Å²) >= 11 is 0. The number of amides is 4. The Balaban J connectivity index is 0.000000342. The molecule has 2 aromatic rings. The van der Waals surface area contributed by atoms with Crippen LogP contribution in [0.5, 0.6) is 11.5 Å². The number of phenolic OH excluding ortho intramolecular Hbond substituents is 1. The van der Waals surface area contributed by atoms with Crippen LogP contribution in [-0.2, 0) is 4.79 Å². The number of urea groups is 1. The summed E-state index contributed by atoms with van der Waals surface area (Å²) in [6.07, 6.45) is -2.02. The lowest BCUT2D eigenvalue weighted by molar-refractivity contribution is -0.274. The van der Waals surface area contributed by atoms with E-state index in [0.29, 0.717) is 50.0 Å². The maximum Gasteiger partial charge on any atom is 0.573 e. The monoisotopic (exact) mass is 622 g/mol. The van der Waals surface area contributed by atoms with Crippen LogP contribution in [0.4, 0.5) is 18.0 Å². The molecular formula is C32H45F3N4O5. The van der Waals surface area contributed by atoms with E-state index in [1.807, 2.05) is 46.7 Å². The summed E-state index contributed by atoms with van der Waals surface area (Å²) in [5.41, 5.74) is 0.821. The summed E-state index contributed by atoms with van der Waals surface area (Å²) in [5, 5.41) is 12.0. The van der Waals surface area contributed by atoms with Gasteiger partial charge in [0, 0.05) is 31.7 Å². The van der Waals surface area contributed by atoms with Crippen molar-refractivity contribution in [2.24, 2.45) is 5.41 Å². The Bertz CT molecular complexity index is 1220. The van der Waals surface area contributed by atoms with Gasteiger partial charge in [0.1, 0.15) is 11.5 Å². The molecule has 4 amide bonds. The third kappa shape index (κ3) is 10.1. The topological polar surface area (TPSA) is 102 Å². The summed E-state index contributed by atoms with van der Waals surface area (Å²) in [6, 6.07) is 10.9. The Morgan fingerprint density at radius 3 is 2.05 bits per heavy atom. The van der Waals surface area contributed by atoms with Crippen molar-refractivity contribution in [1.82, 2.24) is 20.0 Å². The molecule has 1 heterocycles. The van der Waals surface area contributed by atoms with Crippen LogP contribution >= 0.6 is 0 Å². The van der Waals surface area contributed by atoms with Crippen molar-refractivity contribution in [3.8, 4) is 11.5 Å². The van der Waals surface area contributed by atoms with Crippen LogP contribution in [0.2, 0.25) is 0 Å². The maximum absolute atomic E-state index is 12.5. The van der Waals surface area contributed by atoms with E-state index in [9.17, 15) is 32.7 Å². The minimum Gasteiger partial charge on any atom is -0.508 e. The molecule has 2 aromatic carbocycles. The molecule has 12 heteroatoms. The molecule has 0 spiro atoms. The van der Waals surface area contributed by atoms with Crippen molar-refractivity contribution in [2.45, 2.75) is 65.8 Å². The van der Waals surface area contributed by atoms with Gasteiger partial charge in [-0.05, 0) is 82.2 Å². The van der Waals surface area contributed by atoms with Gasteiger partial charge in [-0.25, -0.2) is 4.79 Å². The first-order chi connectivity index (χ1) is 20.7. The summed E-state index contributed by atoms with van der Waals surface area (Å²) in [4.78, 5) is 42.0. The number of carbonyl (C=O) groups excluding carboxylic acids is 3. The van der Waals surface area contributed by atoms with Crippen molar-refractivity contribution in [3.05, 3.63) is 59.7 Å². The van der Waals surface area contributed by atoms with Crippen molar-refractivity contribution in [3.63, 3.8) is 0 Å². The third-order valence-electron chi connectivity index (χ3n) is 7.75. The second kappa shape index (κ2) is 16.3. The number of rotatable bonds is 12. The van der Waals surface area contributed by atoms with Crippen molar-refractivity contribution in [2.75, 3.05) is 40.3 Å². The minimum absolute atomic E-state index is 0.00866. The number of imide groups is 1. The highest BCUT2D eigenvalue weighted by atomic mass is 19.4. The van der Waals surface area contributed by atoms with Crippen LogP contribution in [0, 0.1) is 5.41 Å². The number of nitrogens with one attached hydrogen (secondary N) is 1. The Morgan fingerprint density at radius 1 is 1.00 bits per heavy atom. The quantitative estimate of drug-likeness (QED) is 0.274. The van der Waals surface area contributed by atoms with E-state index in [1.165, 1.54) is 41.3 Å². The van der Waals surface area contributed by atoms with Crippen LogP contribution in [0.1, 0.15) is 75.3 Å². The fraction of sp³-hybridized carbons (Fsp3) is 0.531. The summed E-state index contributed by atoms with van der Waals surface area (Å²) in [7, 11) is 3.97. The molecule has 3 rings (SSSR count). The molecule has 44 heavy (non-hydrogen) atoms. The lowest BCUT2D eigenvalue weighted by Gasteiger charge is -2.47. The molecule has 9 nitrogen and oxygen atoms in total. The van der Waals surface area contributed by atoms with Gasteiger partial charge in [-0.2, -0.15) is 0 Å².